The molecule has 1 aromatic carbocycles. The summed E-state index contributed by atoms with van der Waals surface area (Å²) < 4.78 is 0. The molecule has 0 fully saturated rings. The Balaban J connectivity index is 3.09. The fourth-order valence-electron chi connectivity index (χ4n) is 2.00. The molecule has 0 bridgehead atoms. The van der Waals surface area contributed by atoms with E-state index in [2.05, 4.69) is 5.32 Å². The lowest BCUT2D eigenvalue weighted by atomic mass is 10.1. The number of nitro benzene ring substituents is 1. The van der Waals surface area contributed by atoms with Crippen LogP contribution in [0.15, 0.2) is 18.2 Å². The van der Waals surface area contributed by atoms with Crippen LogP contribution in [0.2, 0.25) is 0 Å². The van der Waals surface area contributed by atoms with Crippen molar-refractivity contribution in [3.05, 3.63) is 33.9 Å². The first-order valence-electron chi connectivity index (χ1n) is 6.33. The first-order valence-corrected chi connectivity index (χ1v) is 6.33. The number of anilines is 1. The monoisotopic (exact) mass is 280 g/mol. The van der Waals surface area contributed by atoms with Crippen LogP contribution in [0.3, 0.4) is 0 Å². The maximum atomic E-state index is 11.1. The van der Waals surface area contributed by atoms with Crippen LogP contribution in [0.4, 0.5) is 11.4 Å². The summed E-state index contributed by atoms with van der Waals surface area (Å²) in [6.07, 6.45) is 0. The minimum atomic E-state index is -0.427. The van der Waals surface area contributed by atoms with Gasteiger partial charge >= 0.3 is 0 Å². The van der Waals surface area contributed by atoms with Crippen LogP contribution in [0, 0.1) is 10.1 Å². The number of nitrogens with one attached hydrogen (secondary N) is 1. The van der Waals surface area contributed by atoms with Crippen LogP contribution in [-0.2, 0) is 11.3 Å². The maximum Gasteiger partial charge on any atom is 0.292 e. The van der Waals surface area contributed by atoms with E-state index >= 15 is 0 Å². The van der Waals surface area contributed by atoms with E-state index in [1.54, 1.807) is 19.2 Å². The van der Waals surface area contributed by atoms with Crippen molar-refractivity contribution in [2.24, 2.45) is 5.73 Å². The number of primary amides is 1. The SMILES string of the molecule is CNc1c(CN(CC(N)=O)C(C)C)cccc1[N+](=O)[O-]. The molecule has 7 nitrogen and oxygen atoms in total. The number of nitro groups is 1. The topological polar surface area (TPSA) is 102 Å². The molecule has 0 saturated carbocycles. The molecule has 0 spiro atoms. The molecular formula is C13H20N4O3. The summed E-state index contributed by atoms with van der Waals surface area (Å²) in [5.74, 6) is -0.421. The van der Waals surface area contributed by atoms with E-state index in [9.17, 15) is 14.9 Å². The highest BCUT2D eigenvalue weighted by atomic mass is 16.6. The smallest absolute Gasteiger partial charge is 0.292 e. The molecule has 1 aromatic rings. The van der Waals surface area contributed by atoms with Crippen LogP contribution >= 0.6 is 0 Å². The second kappa shape index (κ2) is 6.85. The van der Waals surface area contributed by atoms with E-state index in [4.69, 9.17) is 5.73 Å². The summed E-state index contributed by atoms with van der Waals surface area (Å²) >= 11 is 0. The highest BCUT2D eigenvalue weighted by Crippen LogP contribution is 2.29. The molecule has 0 aromatic heterocycles. The largest absolute Gasteiger partial charge is 0.382 e. The van der Waals surface area contributed by atoms with Gasteiger partial charge < -0.3 is 11.1 Å². The number of carbonyl (C=O) groups excluding carboxylic acids is 1. The Hall–Kier alpha value is -2.15. The number of para-hydroxylation sites is 1. The van der Waals surface area contributed by atoms with Crippen molar-refractivity contribution < 1.29 is 9.72 Å². The van der Waals surface area contributed by atoms with Gasteiger partial charge in [-0.25, -0.2) is 0 Å². The van der Waals surface area contributed by atoms with Crippen molar-refractivity contribution in [3.63, 3.8) is 0 Å². The minimum absolute atomic E-state index is 0.0211. The Morgan fingerprint density at radius 2 is 2.15 bits per heavy atom. The van der Waals surface area contributed by atoms with Crippen LogP contribution in [0.5, 0.6) is 0 Å². The first-order chi connectivity index (χ1) is 9.36. The van der Waals surface area contributed by atoms with E-state index in [1.807, 2.05) is 18.7 Å². The number of benzene rings is 1. The van der Waals surface area contributed by atoms with Crippen molar-refractivity contribution in [1.82, 2.24) is 4.90 Å². The number of hydrogen-bond acceptors (Lipinski definition) is 5. The van der Waals surface area contributed by atoms with Gasteiger partial charge in [0.25, 0.3) is 5.69 Å². The fraction of sp³-hybridized carbons (Fsp3) is 0.462. The zero-order valence-electron chi connectivity index (χ0n) is 11.9. The molecule has 0 saturated heterocycles. The lowest BCUT2D eigenvalue weighted by molar-refractivity contribution is -0.384. The highest BCUT2D eigenvalue weighted by Gasteiger charge is 2.19. The Morgan fingerprint density at radius 3 is 2.60 bits per heavy atom. The Morgan fingerprint density at radius 1 is 1.50 bits per heavy atom. The Labute approximate surface area is 117 Å². The van der Waals surface area contributed by atoms with Crippen molar-refractivity contribution >= 4 is 17.3 Å². The third kappa shape index (κ3) is 3.92. The number of carbonyl (C=O) groups is 1. The fourth-order valence-corrected chi connectivity index (χ4v) is 2.00. The summed E-state index contributed by atoms with van der Waals surface area (Å²) in [7, 11) is 1.64. The molecule has 0 unspecified atom stereocenters. The van der Waals surface area contributed by atoms with Crippen LogP contribution in [0.1, 0.15) is 19.4 Å². The van der Waals surface area contributed by atoms with Crippen molar-refractivity contribution in [2.75, 3.05) is 18.9 Å². The Kier molecular flexibility index (Phi) is 5.45. The number of nitrogens with zero attached hydrogens (tertiary/aromatic N) is 2. The molecule has 110 valence electrons. The molecule has 1 rings (SSSR count). The highest BCUT2D eigenvalue weighted by molar-refractivity contribution is 5.76. The molecule has 0 aliphatic carbocycles. The average Bonchev–Trinajstić information content (AvgIpc) is 2.36. The van der Waals surface area contributed by atoms with Gasteiger partial charge in [0.1, 0.15) is 5.69 Å². The standard InChI is InChI=1S/C13H20N4O3/c1-9(2)16(8-12(14)18)7-10-5-4-6-11(17(19)20)13(10)15-3/h4-6,9,15H,7-8H2,1-3H3,(H2,14,18). The predicted molar refractivity (Wildman–Crippen MR) is 77.4 cm³/mol. The molecule has 0 aliphatic rings. The van der Waals surface area contributed by atoms with Gasteiger partial charge in [-0.3, -0.25) is 19.8 Å². The second-order valence-corrected chi connectivity index (χ2v) is 4.78. The number of rotatable bonds is 7. The zero-order chi connectivity index (χ0) is 15.3. The molecule has 0 aliphatic heterocycles. The summed E-state index contributed by atoms with van der Waals surface area (Å²) in [4.78, 5) is 23.5. The molecule has 1 amide bonds. The number of hydrogen-bond donors (Lipinski definition) is 2. The molecule has 0 atom stereocenters. The summed E-state index contributed by atoms with van der Waals surface area (Å²) in [5.41, 5.74) is 6.48. The van der Waals surface area contributed by atoms with Gasteiger partial charge in [0.15, 0.2) is 0 Å². The summed E-state index contributed by atoms with van der Waals surface area (Å²) in [6.45, 7) is 4.42. The minimum Gasteiger partial charge on any atom is -0.382 e. The van der Waals surface area contributed by atoms with Crippen LogP contribution < -0.4 is 11.1 Å². The maximum absolute atomic E-state index is 11.1. The van der Waals surface area contributed by atoms with Gasteiger partial charge in [0.2, 0.25) is 5.91 Å². The second-order valence-electron chi connectivity index (χ2n) is 4.78. The summed E-state index contributed by atoms with van der Waals surface area (Å²) in [6, 6.07) is 4.99. The molecular weight excluding hydrogens is 260 g/mol. The summed E-state index contributed by atoms with van der Waals surface area (Å²) in [5, 5.41) is 13.9. The Bertz CT molecular complexity index is 502. The van der Waals surface area contributed by atoms with Gasteiger partial charge in [0.05, 0.1) is 11.5 Å². The normalized spacial score (nSPS) is 10.8. The van der Waals surface area contributed by atoms with Crippen molar-refractivity contribution in [1.29, 1.82) is 0 Å². The van der Waals surface area contributed by atoms with Crippen LogP contribution in [0.25, 0.3) is 0 Å². The number of amides is 1. The average molecular weight is 280 g/mol. The van der Waals surface area contributed by atoms with E-state index in [0.29, 0.717) is 12.2 Å². The van der Waals surface area contributed by atoms with Gasteiger partial charge in [-0.2, -0.15) is 0 Å². The van der Waals surface area contributed by atoms with E-state index < -0.39 is 10.8 Å². The third-order valence-corrected chi connectivity index (χ3v) is 3.04. The predicted octanol–water partition coefficient (Wildman–Crippen LogP) is 1.33. The van der Waals surface area contributed by atoms with E-state index in [0.717, 1.165) is 5.56 Å². The molecule has 3 N–H and O–H groups in total. The molecule has 0 radical (unpaired) electrons. The number of nitrogens with two attached hydrogens (primary N) is 1. The zero-order valence-corrected chi connectivity index (χ0v) is 11.9. The molecule has 7 heteroatoms. The van der Waals surface area contributed by atoms with Crippen molar-refractivity contribution in [2.45, 2.75) is 26.4 Å². The van der Waals surface area contributed by atoms with Crippen molar-refractivity contribution in [3.8, 4) is 0 Å². The first kappa shape index (κ1) is 15.9. The van der Waals surface area contributed by atoms with Gasteiger partial charge in [-0.1, -0.05) is 12.1 Å². The quantitative estimate of drug-likeness (QED) is 0.579. The van der Waals surface area contributed by atoms with E-state index in [1.165, 1.54) is 6.07 Å². The van der Waals surface area contributed by atoms with Crippen LogP contribution in [-0.4, -0.2) is 35.4 Å². The van der Waals surface area contributed by atoms with Gasteiger partial charge in [-0.05, 0) is 19.4 Å². The lowest BCUT2D eigenvalue weighted by Crippen LogP contribution is -2.38. The third-order valence-electron chi connectivity index (χ3n) is 3.04. The van der Waals surface area contributed by atoms with Gasteiger partial charge in [0, 0.05) is 25.7 Å². The molecule has 20 heavy (non-hydrogen) atoms. The lowest BCUT2D eigenvalue weighted by Gasteiger charge is -2.25. The van der Waals surface area contributed by atoms with E-state index in [-0.39, 0.29) is 18.3 Å². The molecule has 0 heterocycles. The van der Waals surface area contributed by atoms with Gasteiger partial charge in [-0.15, -0.1) is 0 Å².